The third-order valence-corrected chi connectivity index (χ3v) is 5.06. The summed E-state index contributed by atoms with van der Waals surface area (Å²) in [4.78, 5) is 3.81. The highest BCUT2D eigenvalue weighted by molar-refractivity contribution is 7.89. The molecular formula is C11H20ClN3O2S. The Morgan fingerprint density at radius 2 is 2.06 bits per heavy atom. The maximum absolute atomic E-state index is 12.0. The molecule has 0 saturated carbocycles. The molecule has 0 aliphatic carbocycles. The molecule has 0 spiro atoms. The Hall–Kier alpha value is -0.590. The van der Waals surface area contributed by atoms with Crippen LogP contribution in [0.3, 0.4) is 0 Å². The lowest BCUT2D eigenvalue weighted by atomic mass is 9.82. The normalized spacial score (nSPS) is 14.8. The molecule has 1 aromatic rings. The fraction of sp³-hybridized carbons (Fsp3) is 0.727. The van der Waals surface area contributed by atoms with Gasteiger partial charge < -0.3 is 4.57 Å². The number of halogens is 1. The molecule has 0 aliphatic rings. The highest BCUT2D eigenvalue weighted by Gasteiger charge is 2.26. The zero-order valence-corrected chi connectivity index (χ0v) is 12.9. The molecule has 1 N–H and O–H groups in total. The van der Waals surface area contributed by atoms with Gasteiger partial charge in [0.15, 0.2) is 0 Å². The standard InChI is InChI=1S/C11H20ClN3O2S/c1-8(11(2,3)4)6-14-18(16,17)10-9(12)15(5)7-13-10/h7-8,14H,6H2,1-5H3. The van der Waals surface area contributed by atoms with Crippen molar-refractivity contribution in [2.75, 3.05) is 6.54 Å². The minimum Gasteiger partial charge on any atom is -0.324 e. The number of rotatable bonds is 4. The van der Waals surface area contributed by atoms with E-state index in [4.69, 9.17) is 11.6 Å². The van der Waals surface area contributed by atoms with Gasteiger partial charge in [0.1, 0.15) is 5.15 Å². The number of aryl methyl sites for hydroxylation is 1. The lowest BCUT2D eigenvalue weighted by molar-refractivity contribution is 0.263. The summed E-state index contributed by atoms with van der Waals surface area (Å²) in [7, 11) is -1.99. The summed E-state index contributed by atoms with van der Waals surface area (Å²) in [5.41, 5.74) is 0.0381. The van der Waals surface area contributed by atoms with E-state index in [1.807, 2.05) is 6.92 Å². The van der Waals surface area contributed by atoms with Crippen molar-refractivity contribution in [3.05, 3.63) is 11.5 Å². The average Bonchev–Trinajstić information content (AvgIpc) is 2.55. The molecule has 7 heteroatoms. The number of hydrogen-bond donors (Lipinski definition) is 1. The molecule has 0 saturated heterocycles. The van der Waals surface area contributed by atoms with E-state index < -0.39 is 10.0 Å². The maximum Gasteiger partial charge on any atom is 0.261 e. The van der Waals surface area contributed by atoms with E-state index in [0.717, 1.165) is 0 Å². The van der Waals surface area contributed by atoms with Gasteiger partial charge in [-0.15, -0.1) is 0 Å². The highest BCUT2D eigenvalue weighted by atomic mass is 35.5. The predicted octanol–water partition coefficient (Wildman–Crippen LogP) is 2.03. The minimum atomic E-state index is -3.64. The summed E-state index contributed by atoms with van der Waals surface area (Å²) in [6, 6.07) is 0. The SMILES string of the molecule is CC(CNS(=O)(=O)c1ncn(C)c1Cl)C(C)(C)C. The fourth-order valence-electron chi connectivity index (χ4n) is 1.18. The van der Waals surface area contributed by atoms with Crippen LogP contribution in [0.4, 0.5) is 0 Å². The molecule has 1 unspecified atom stereocenters. The Kier molecular flexibility index (Phi) is 4.46. The van der Waals surface area contributed by atoms with Gasteiger partial charge in [-0.1, -0.05) is 39.3 Å². The summed E-state index contributed by atoms with van der Waals surface area (Å²) < 4.78 is 28.1. The van der Waals surface area contributed by atoms with Gasteiger partial charge in [0.25, 0.3) is 10.0 Å². The molecule has 18 heavy (non-hydrogen) atoms. The molecule has 0 radical (unpaired) electrons. The third kappa shape index (κ3) is 3.46. The molecule has 1 heterocycles. The van der Waals surface area contributed by atoms with E-state index in [1.54, 1.807) is 7.05 Å². The molecule has 0 fully saturated rings. The average molecular weight is 294 g/mol. The maximum atomic E-state index is 12.0. The molecule has 1 rings (SSSR count). The van der Waals surface area contributed by atoms with E-state index in [2.05, 4.69) is 30.5 Å². The number of sulfonamides is 1. The van der Waals surface area contributed by atoms with Crippen LogP contribution in [-0.4, -0.2) is 24.5 Å². The van der Waals surface area contributed by atoms with Gasteiger partial charge in [-0.05, 0) is 11.3 Å². The molecule has 0 aliphatic heterocycles. The van der Waals surface area contributed by atoms with Gasteiger partial charge in [0.2, 0.25) is 5.03 Å². The van der Waals surface area contributed by atoms with Crippen LogP contribution in [0.5, 0.6) is 0 Å². The molecule has 1 atom stereocenters. The summed E-state index contributed by atoms with van der Waals surface area (Å²) >= 11 is 5.88. The van der Waals surface area contributed by atoms with Gasteiger partial charge in [-0.3, -0.25) is 0 Å². The predicted molar refractivity (Wildman–Crippen MR) is 72.0 cm³/mol. The number of aromatic nitrogens is 2. The van der Waals surface area contributed by atoms with Crippen LogP contribution in [0.15, 0.2) is 11.4 Å². The minimum absolute atomic E-state index is 0.0381. The second-order valence-corrected chi connectivity index (χ2v) is 7.61. The quantitative estimate of drug-likeness (QED) is 0.924. The summed E-state index contributed by atoms with van der Waals surface area (Å²) in [6.45, 7) is 8.57. The topological polar surface area (TPSA) is 64.0 Å². The molecular weight excluding hydrogens is 274 g/mol. The monoisotopic (exact) mass is 293 g/mol. The van der Waals surface area contributed by atoms with Crippen LogP contribution >= 0.6 is 11.6 Å². The number of nitrogens with zero attached hydrogens (tertiary/aromatic N) is 2. The van der Waals surface area contributed by atoms with Crippen molar-refractivity contribution in [1.29, 1.82) is 0 Å². The Labute approximate surface area is 114 Å². The van der Waals surface area contributed by atoms with Crippen molar-refractivity contribution in [2.45, 2.75) is 32.7 Å². The molecule has 0 aromatic carbocycles. The highest BCUT2D eigenvalue weighted by Crippen LogP contribution is 2.25. The van der Waals surface area contributed by atoms with E-state index in [9.17, 15) is 8.42 Å². The first-order valence-corrected chi connectivity index (χ1v) is 7.58. The van der Waals surface area contributed by atoms with Crippen molar-refractivity contribution in [1.82, 2.24) is 14.3 Å². The Morgan fingerprint density at radius 1 is 1.50 bits per heavy atom. The first-order valence-electron chi connectivity index (χ1n) is 5.72. The zero-order chi connectivity index (χ0) is 14.1. The van der Waals surface area contributed by atoms with Gasteiger partial charge in [0.05, 0.1) is 6.33 Å². The van der Waals surface area contributed by atoms with Gasteiger partial charge in [-0.2, -0.15) is 0 Å². The zero-order valence-electron chi connectivity index (χ0n) is 11.4. The molecule has 5 nitrogen and oxygen atoms in total. The van der Waals surface area contributed by atoms with Crippen molar-refractivity contribution in [3.63, 3.8) is 0 Å². The van der Waals surface area contributed by atoms with Crippen molar-refractivity contribution >= 4 is 21.6 Å². The lowest BCUT2D eigenvalue weighted by Gasteiger charge is -2.27. The third-order valence-electron chi connectivity index (χ3n) is 3.15. The van der Waals surface area contributed by atoms with Crippen LogP contribution in [0.25, 0.3) is 0 Å². The Balaban J connectivity index is 2.82. The van der Waals surface area contributed by atoms with E-state index in [-0.39, 0.29) is 21.5 Å². The summed E-state index contributed by atoms with van der Waals surface area (Å²) in [6.07, 6.45) is 1.38. The van der Waals surface area contributed by atoms with Crippen molar-refractivity contribution in [2.24, 2.45) is 18.4 Å². The van der Waals surface area contributed by atoms with Crippen LogP contribution in [0.1, 0.15) is 27.7 Å². The van der Waals surface area contributed by atoms with E-state index in [0.29, 0.717) is 6.54 Å². The van der Waals surface area contributed by atoms with Gasteiger partial charge in [-0.25, -0.2) is 18.1 Å². The number of imidazole rings is 1. The second-order valence-electron chi connectivity index (χ2n) is 5.57. The second kappa shape index (κ2) is 5.19. The van der Waals surface area contributed by atoms with Crippen LogP contribution in [-0.2, 0) is 17.1 Å². The molecule has 0 bridgehead atoms. The largest absolute Gasteiger partial charge is 0.324 e. The molecule has 1 aromatic heterocycles. The fourth-order valence-corrected chi connectivity index (χ4v) is 2.74. The van der Waals surface area contributed by atoms with E-state index >= 15 is 0 Å². The van der Waals surface area contributed by atoms with Crippen LogP contribution < -0.4 is 4.72 Å². The number of nitrogens with one attached hydrogen (secondary N) is 1. The summed E-state index contributed by atoms with van der Waals surface area (Å²) in [5, 5.41) is -0.00122. The molecule has 104 valence electrons. The first kappa shape index (κ1) is 15.5. The lowest BCUT2D eigenvalue weighted by Crippen LogP contribution is -2.34. The Bertz CT molecular complexity index is 517. The van der Waals surface area contributed by atoms with Gasteiger partial charge in [0, 0.05) is 13.6 Å². The Morgan fingerprint density at radius 3 is 2.44 bits per heavy atom. The van der Waals surface area contributed by atoms with Crippen molar-refractivity contribution in [3.8, 4) is 0 Å². The van der Waals surface area contributed by atoms with Crippen molar-refractivity contribution < 1.29 is 8.42 Å². The number of hydrogen-bond acceptors (Lipinski definition) is 3. The van der Waals surface area contributed by atoms with E-state index in [1.165, 1.54) is 10.9 Å². The smallest absolute Gasteiger partial charge is 0.261 e. The molecule has 0 amide bonds. The van der Waals surface area contributed by atoms with Crippen LogP contribution in [0.2, 0.25) is 5.15 Å². The van der Waals surface area contributed by atoms with Gasteiger partial charge >= 0.3 is 0 Å². The van der Waals surface area contributed by atoms with Crippen LogP contribution in [0, 0.1) is 11.3 Å². The summed E-state index contributed by atoms with van der Waals surface area (Å²) in [5.74, 6) is 0.203. The first-order chi connectivity index (χ1) is 8.05.